The molecule has 0 aliphatic carbocycles. The Balaban J connectivity index is 2.57. The fraction of sp³-hybridized carbons (Fsp3) is 0.167. The minimum Gasteiger partial charge on any atom is -0.309 e. The van der Waals surface area contributed by atoms with Crippen LogP contribution in [0.15, 0.2) is 6.20 Å². The van der Waals surface area contributed by atoms with Gasteiger partial charge in [-0.05, 0) is 0 Å². The number of nitrogens with zero attached hydrogens (tertiary/aromatic N) is 2. The van der Waals surface area contributed by atoms with E-state index in [1.165, 1.54) is 6.20 Å². The Kier molecular flexibility index (Phi) is 1.41. The number of amides is 1. The Morgan fingerprint density at radius 1 is 1.58 bits per heavy atom. The molecule has 1 N–H and O–H groups in total. The first-order chi connectivity index (χ1) is 5.68. The monoisotopic (exact) mass is 185 g/mol. The SMILES string of the molecule is O=C1CC(=O)n2ncc(Cl)c2N1. The molecule has 1 aliphatic rings. The van der Waals surface area contributed by atoms with Gasteiger partial charge in [-0.25, -0.2) is 0 Å². The van der Waals surface area contributed by atoms with Crippen LogP contribution in [0.3, 0.4) is 0 Å². The summed E-state index contributed by atoms with van der Waals surface area (Å²) in [6.45, 7) is 0. The van der Waals surface area contributed by atoms with Crippen molar-refractivity contribution in [2.45, 2.75) is 6.42 Å². The van der Waals surface area contributed by atoms with Crippen molar-refractivity contribution in [3.05, 3.63) is 11.2 Å². The third kappa shape index (κ3) is 0.902. The molecule has 0 aromatic carbocycles. The molecule has 0 fully saturated rings. The Morgan fingerprint density at radius 3 is 3.08 bits per heavy atom. The van der Waals surface area contributed by atoms with Crippen LogP contribution in [0.1, 0.15) is 11.2 Å². The molecule has 62 valence electrons. The highest BCUT2D eigenvalue weighted by Crippen LogP contribution is 2.23. The number of rotatable bonds is 0. The molecule has 2 heterocycles. The van der Waals surface area contributed by atoms with Gasteiger partial charge in [-0.3, -0.25) is 9.59 Å². The van der Waals surface area contributed by atoms with Gasteiger partial charge in [0, 0.05) is 0 Å². The van der Waals surface area contributed by atoms with E-state index in [9.17, 15) is 9.59 Å². The van der Waals surface area contributed by atoms with E-state index in [2.05, 4.69) is 10.4 Å². The minimum atomic E-state index is -0.361. The Morgan fingerprint density at radius 2 is 2.33 bits per heavy atom. The highest BCUT2D eigenvalue weighted by molar-refractivity contribution is 6.34. The van der Waals surface area contributed by atoms with Crippen LogP contribution in [-0.2, 0) is 4.79 Å². The van der Waals surface area contributed by atoms with Gasteiger partial charge in [-0.1, -0.05) is 11.6 Å². The molecule has 0 radical (unpaired) electrons. The zero-order valence-electron chi connectivity index (χ0n) is 5.87. The lowest BCUT2D eigenvalue weighted by atomic mass is 10.3. The number of anilines is 1. The minimum absolute atomic E-state index is 0.176. The molecule has 1 aromatic rings. The zero-order valence-corrected chi connectivity index (χ0v) is 6.63. The molecule has 1 aromatic heterocycles. The van der Waals surface area contributed by atoms with Gasteiger partial charge in [-0.15, -0.1) is 0 Å². The van der Waals surface area contributed by atoms with Gasteiger partial charge < -0.3 is 5.32 Å². The number of halogens is 1. The van der Waals surface area contributed by atoms with E-state index in [4.69, 9.17) is 11.6 Å². The van der Waals surface area contributed by atoms with Gasteiger partial charge in [-0.2, -0.15) is 9.78 Å². The van der Waals surface area contributed by atoms with Crippen LogP contribution in [0.4, 0.5) is 5.82 Å². The summed E-state index contributed by atoms with van der Waals surface area (Å²) in [6, 6.07) is 0. The molecule has 0 spiro atoms. The topological polar surface area (TPSA) is 64.0 Å². The van der Waals surface area contributed by atoms with Crippen LogP contribution in [0, 0.1) is 0 Å². The maximum absolute atomic E-state index is 11.1. The summed E-state index contributed by atoms with van der Waals surface area (Å²) in [5.41, 5.74) is 0. The van der Waals surface area contributed by atoms with E-state index in [0.29, 0.717) is 0 Å². The molecule has 1 amide bonds. The molecule has 6 heteroatoms. The van der Waals surface area contributed by atoms with Gasteiger partial charge in [0.25, 0.3) is 5.91 Å². The second kappa shape index (κ2) is 2.31. The number of hydrogen-bond donors (Lipinski definition) is 1. The maximum Gasteiger partial charge on any atom is 0.258 e. The molecule has 2 rings (SSSR count). The van der Waals surface area contributed by atoms with Crippen LogP contribution < -0.4 is 5.32 Å². The Bertz CT molecular complexity index is 371. The summed E-state index contributed by atoms with van der Waals surface area (Å²) < 4.78 is 1.09. The Hall–Kier alpha value is -1.36. The number of aromatic nitrogens is 2. The van der Waals surface area contributed by atoms with E-state index in [1.54, 1.807) is 0 Å². The van der Waals surface area contributed by atoms with Crippen molar-refractivity contribution in [1.82, 2.24) is 9.78 Å². The molecule has 0 unspecified atom stereocenters. The number of carbonyl (C=O) groups is 2. The highest BCUT2D eigenvalue weighted by atomic mass is 35.5. The molecule has 0 saturated heterocycles. The third-order valence-corrected chi connectivity index (χ3v) is 1.81. The van der Waals surface area contributed by atoms with Crippen molar-refractivity contribution in [3.8, 4) is 0 Å². The van der Waals surface area contributed by atoms with E-state index in [0.717, 1.165) is 4.68 Å². The molecular weight excluding hydrogens is 182 g/mol. The van der Waals surface area contributed by atoms with Crippen LogP contribution in [0.2, 0.25) is 5.02 Å². The molecule has 0 atom stereocenters. The summed E-state index contributed by atoms with van der Waals surface area (Å²) in [4.78, 5) is 21.9. The quantitative estimate of drug-likeness (QED) is 0.600. The largest absolute Gasteiger partial charge is 0.309 e. The molecule has 1 aliphatic heterocycles. The standard InChI is InChI=1S/C6H4ClN3O2/c7-3-2-8-10-5(12)1-4(11)9-6(3)10/h2H,1H2,(H,9,11). The van der Waals surface area contributed by atoms with Crippen LogP contribution >= 0.6 is 11.6 Å². The first-order valence-electron chi connectivity index (χ1n) is 3.25. The van der Waals surface area contributed by atoms with Gasteiger partial charge in [0.1, 0.15) is 11.4 Å². The summed E-state index contributed by atoms with van der Waals surface area (Å²) in [7, 11) is 0. The third-order valence-electron chi connectivity index (χ3n) is 1.53. The van der Waals surface area contributed by atoms with Gasteiger partial charge in [0.15, 0.2) is 5.82 Å². The van der Waals surface area contributed by atoms with Crippen molar-refractivity contribution in [1.29, 1.82) is 0 Å². The normalized spacial score (nSPS) is 15.8. The number of fused-ring (bicyclic) bond motifs is 1. The summed E-state index contributed by atoms with van der Waals surface area (Å²) in [5, 5.41) is 6.41. The average molecular weight is 186 g/mol. The molecule has 5 nitrogen and oxygen atoms in total. The van der Waals surface area contributed by atoms with Crippen molar-refractivity contribution < 1.29 is 9.59 Å². The average Bonchev–Trinajstić information content (AvgIpc) is 2.33. The molecule has 12 heavy (non-hydrogen) atoms. The molecular formula is C6H4ClN3O2. The van der Waals surface area contributed by atoms with E-state index >= 15 is 0 Å². The van der Waals surface area contributed by atoms with Crippen molar-refractivity contribution >= 4 is 29.2 Å². The van der Waals surface area contributed by atoms with Crippen LogP contribution in [-0.4, -0.2) is 21.6 Å². The van der Waals surface area contributed by atoms with Crippen LogP contribution in [0.25, 0.3) is 0 Å². The van der Waals surface area contributed by atoms with E-state index in [1.807, 2.05) is 0 Å². The maximum atomic E-state index is 11.1. The van der Waals surface area contributed by atoms with E-state index < -0.39 is 0 Å². The van der Waals surface area contributed by atoms with E-state index in [-0.39, 0.29) is 29.1 Å². The predicted octanol–water partition coefficient (Wildman–Crippen LogP) is 0.519. The van der Waals surface area contributed by atoms with Crippen molar-refractivity contribution in [2.75, 3.05) is 5.32 Å². The fourth-order valence-corrected chi connectivity index (χ4v) is 1.19. The first-order valence-corrected chi connectivity index (χ1v) is 3.63. The number of hydrogen-bond acceptors (Lipinski definition) is 3. The summed E-state index contributed by atoms with van der Waals surface area (Å²) >= 11 is 5.64. The lowest BCUT2D eigenvalue weighted by Gasteiger charge is -2.12. The smallest absolute Gasteiger partial charge is 0.258 e. The van der Waals surface area contributed by atoms with Gasteiger partial charge >= 0.3 is 0 Å². The molecule has 0 bridgehead atoms. The van der Waals surface area contributed by atoms with Gasteiger partial charge in [0.2, 0.25) is 5.91 Å². The summed E-state index contributed by atoms with van der Waals surface area (Å²) in [5.74, 6) is -0.450. The highest BCUT2D eigenvalue weighted by Gasteiger charge is 2.24. The number of nitrogens with one attached hydrogen (secondary N) is 1. The van der Waals surface area contributed by atoms with Gasteiger partial charge in [0.05, 0.1) is 6.20 Å². The zero-order chi connectivity index (χ0) is 8.72. The fourth-order valence-electron chi connectivity index (χ4n) is 1.02. The van der Waals surface area contributed by atoms with Crippen molar-refractivity contribution in [3.63, 3.8) is 0 Å². The number of carbonyl (C=O) groups excluding carboxylic acids is 2. The van der Waals surface area contributed by atoms with Crippen LogP contribution in [0.5, 0.6) is 0 Å². The predicted molar refractivity (Wildman–Crippen MR) is 41.1 cm³/mol. The lowest BCUT2D eigenvalue weighted by Crippen LogP contribution is -2.29. The first kappa shape index (κ1) is 7.30. The van der Waals surface area contributed by atoms with Crippen molar-refractivity contribution in [2.24, 2.45) is 0 Å². The molecule has 0 saturated carbocycles. The Labute approximate surface area is 72.3 Å². The summed E-state index contributed by atoms with van der Waals surface area (Å²) in [6.07, 6.45) is 1.14. The second-order valence-electron chi connectivity index (χ2n) is 2.37. The second-order valence-corrected chi connectivity index (χ2v) is 2.78. The lowest BCUT2D eigenvalue weighted by molar-refractivity contribution is -0.115.